The lowest BCUT2D eigenvalue weighted by Gasteiger charge is -2.18. The minimum absolute atomic E-state index is 0.158. The van der Waals surface area contributed by atoms with E-state index in [2.05, 4.69) is 16.6 Å². The molecule has 0 aliphatic carbocycles. The summed E-state index contributed by atoms with van der Waals surface area (Å²) < 4.78 is 0. The van der Waals surface area contributed by atoms with Gasteiger partial charge in [-0.15, -0.1) is 18.2 Å². The van der Waals surface area contributed by atoms with Crippen LogP contribution >= 0.6 is 11.8 Å². The van der Waals surface area contributed by atoms with Gasteiger partial charge in [-0.1, -0.05) is 19.8 Å². The van der Waals surface area contributed by atoms with E-state index >= 15 is 0 Å². The van der Waals surface area contributed by atoms with E-state index in [9.17, 15) is 9.59 Å². The molecule has 3 N–H and O–H groups in total. The number of carbonyl (C=O) groups is 2. The van der Waals surface area contributed by atoms with Gasteiger partial charge in [0.25, 0.3) is 0 Å². The van der Waals surface area contributed by atoms with Crippen LogP contribution in [0.25, 0.3) is 0 Å². The number of hydrogen-bond acceptors (Lipinski definition) is 3. The highest BCUT2D eigenvalue weighted by Crippen LogP contribution is 2.01. The van der Waals surface area contributed by atoms with E-state index in [1.165, 1.54) is 11.8 Å². The maximum Gasteiger partial charge on any atom is 0.326 e. The molecule has 0 unspecified atom stereocenters. The van der Waals surface area contributed by atoms with Crippen LogP contribution in [0.4, 0.5) is 4.79 Å². The summed E-state index contributed by atoms with van der Waals surface area (Å²) in [4.78, 5) is 22.2. The maximum atomic E-state index is 11.4. The number of carboxylic acid groups (broad SMARTS) is 1. The number of carboxylic acids is 1. The maximum absolute atomic E-state index is 11.4. The molecule has 0 spiro atoms. The van der Waals surface area contributed by atoms with Crippen molar-refractivity contribution in [1.82, 2.24) is 10.6 Å². The van der Waals surface area contributed by atoms with E-state index in [1.807, 2.05) is 0 Å². The molecule has 0 aromatic rings. The molecule has 2 amide bonds. The molecule has 17 heavy (non-hydrogen) atoms. The highest BCUT2D eigenvalue weighted by Gasteiger charge is 2.22. The third-order valence-corrected chi connectivity index (χ3v) is 2.80. The molecule has 0 aromatic carbocycles. The smallest absolute Gasteiger partial charge is 0.326 e. The SMILES string of the molecule is C#CCSCCNC(=O)N[C@H](C(=O)O)C(C)C. The average Bonchev–Trinajstić information content (AvgIpc) is 2.24. The van der Waals surface area contributed by atoms with Crippen molar-refractivity contribution in [2.24, 2.45) is 5.92 Å². The van der Waals surface area contributed by atoms with Crippen molar-refractivity contribution in [3.8, 4) is 12.3 Å². The number of aliphatic carboxylic acids is 1. The van der Waals surface area contributed by atoms with E-state index in [0.29, 0.717) is 18.1 Å². The van der Waals surface area contributed by atoms with E-state index in [0.717, 1.165) is 0 Å². The molecule has 0 aliphatic rings. The third kappa shape index (κ3) is 7.53. The molecule has 0 bridgehead atoms. The normalized spacial score (nSPS) is 11.6. The fraction of sp³-hybridized carbons (Fsp3) is 0.636. The molecule has 0 radical (unpaired) electrons. The van der Waals surface area contributed by atoms with Gasteiger partial charge in [0.05, 0.1) is 5.75 Å². The van der Waals surface area contributed by atoms with E-state index < -0.39 is 18.0 Å². The van der Waals surface area contributed by atoms with Gasteiger partial charge < -0.3 is 15.7 Å². The first kappa shape index (κ1) is 15.7. The van der Waals surface area contributed by atoms with E-state index in [-0.39, 0.29) is 5.92 Å². The zero-order valence-electron chi connectivity index (χ0n) is 10.0. The number of amides is 2. The third-order valence-electron chi connectivity index (χ3n) is 1.94. The predicted octanol–water partition coefficient (Wildman–Crippen LogP) is 0.761. The summed E-state index contributed by atoms with van der Waals surface area (Å²) >= 11 is 1.53. The monoisotopic (exact) mass is 258 g/mol. The van der Waals surface area contributed by atoms with Gasteiger partial charge in [0.1, 0.15) is 6.04 Å². The Balaban J connectivity index is 3.84. The van der Waals surface area contributed by atoms with Crippen molar-refractivity contribution in [3.63, 3.8) is 0 Å². The Kier molecular flexibility index (Phi) is 8.07. The van der Waals surface area contributed by atoms with Crippen LogP contribution in [0.2, 0.25) is 0 Å². The highest BCUT2D eigenvalue weighted by atomic mass is 32.2. The highest BCUT2D eigenvalue weighted by molar-refractivity contribution is 7.99. The van der Waals surface area contributed by atoms with Crippen LogP contribution in [0.3, 0.4) is 0 Å². The van der Waals surface area contributed by atoms with Crippen LogP contribution in [0.1, 0.15) is 13.8 Å². The number of urea groups is 1. The number of nitrogens with one attached hydrogen (secondary N) is 2. The fourth-order valence-electron chi connectivity index (χ4n) is 1.07. The fourth-order valence-corrected chi connectivity index (χ4v) is 1.58. The van der Waals surface area contributed by atoms with Crippen molar-refractivity contribution in [2.75, 3.05) is 18.1 Å². The van der Waals surface area contributed by atoms with Crippen LogP contribution < -0.4 is 10.6 Å². The lowest BCUT2D eigenvalue weighted by Crippen LogP contribution is -2.49. The molecule has 0 fully saturated rings. The summed E-state index contributed by atoms with van der Waals surface area (Å²) in [5.41, 5.74) is 0. The first-order chi connectivity index (χ1) is 7.99. The summed E-state index contributed by atoms with van der Waals surface area (Å²) in [6.45, 7) is 3.94. The molecule has 0 aliphatic heterocycles. The van der Waals surface area contributed by atoms with Crippen molar-refractivity contribution in [2.45, 2.75) is 19.9 Å². The Morgan fingerprint density at radius 3 is 2.59 bits per heavy atom. The van der Waals surface area contributed by atoms with E-state index in [1.54, 1.807) is 13.8 Å². The van der Waals surface area contributed by atoms with Gasteiger partial charge in [-0.05, 0) is 5.92 Å². The van der Waals surface area contributed by atoms with Crippen LogP contribution in [-0.2, 0) is 4.79 Å². The first-order valence-electron chi connectivity index (χ1n) is 5.27. The van der Waals surface area contributed by atoms with Crippen molar-refractivity contribution in [1.29, 1.82) is 0 Å². The Hall–Kier alpha value is -1.35. The molecule has 0 rings (SSSR count). The number of terminal acetylenes is 1. The Morgan fingerprint density at radius 2 is 2.12 bits per heavy atom. The Bertz CT molecular complexity index is 300. The molecule has 0 aromatic heterocycles. The molecule has 0 heterocycles. The number of carbonyl (C=O) groups excluding carboxylic acids is 1. The Morgan fingerprint density at radius 1 is 1.47 bits per heavy atom. The van der Waals surface area contributed by atoms with Gasteiger partial charge in [-0.2, -0.15) is 0 Å². The van der Waals surface area contributed by atoms with Gasteiger partial charge in [0.2, 0.25) is 0 Å². The van der Waals surface area contributed by atoms with Crippen molar-refractivity contribution < 1.29 is 14.7 Å². The molecular formula is C11H18N2O3S. The number of hydrogen-bond donors (Lipinski definition) is 3. The molecule has 96 valence electrons. The zero-order chi connectivity index (χ0) is 13.3. The molecule has 6 heteroatoms. The van der Waals surface area contributed by atoms with Crippen LogP contribution in [-0.4, -0.2) is 41.2 Å². The second-order valence-corrected chi connectivity index (χ2v) is 4.82. The van der Waals surface area contributed by atoms with Crippen LogP contribution in [0.15, 0.2) is 0 Å². The summed E-state index contributed by atoms with van der Waals surface area (Å²) in [6, 6.07) is -1.33. The topological polar surface area (TPSA) is 78.4 Å². The molecular weight excluding hydrogens is 240 g/mol. The largest absolute Gasteiger partial charge is 0.480 e. The second kappa shape index (κ2) is 8.76. The summed E-state index contributed by atoms with van der Waals surface area (Å²) in [7, 11) is 0. The van der Waals surface area contributed by atoms with Crippen LogP contribution in [0.5, 0.6) is 0 Å². The quantitative estimate of drug-likeness (QED) is 0.465. The van der Waals surface area contributed by atoms with Crippen molar-refractivity contribution >= 4 is 23.8 Å². The molecule has 0 saturated heterocycles. The lowest BCUT2D eigenvalue weighted by molar-refractivity contribution is -0.140. The van der Waals surface area contributed by atoms with Gasteiger partial charge in [-0.3, -0.25) is 0 Å². The first-order valence-corrected chi connectivity index (χ1v) is 6.43. The molecule has 0 saturated carbocycles. The predicted molar refractivity (Wildman–Crippen MR) is 69.0 cm³/mol. The Labute approximate surface area is 106 Å². The minimum Gasteiger partial charge on any atom is -0.480 e. The van der Waals surface area contributed by atoms with E-state index in [4.69, 9.17) is 11.5 Å². The zero-order valence-corrected chi connectivity index (χ0v) is 10.8. The van der Waals surface area contributed by atoms with Gasteiger partial charge in [0.15, 0.2) is 0 Å². The number of thioether (sulfide) groups is 1. The lowest BCUT2D eigenvalue weighted by atomic mass is 10.1. The number of rotatable bonds is 7. The van der Waals surface area contributed by atoms with Gasteiger partial charge in [0, 0.05) is 12.3 Å². The van der Waals surface area contributed by atoms with Gasteiger partial charge in [-0.25, -0.2) is 9.59 Å². The summed E-state index contributed by atoms with van der Waals surface area (Å²) in [5, 5.41) is 13.9. The summed E-state index contributed by atoms with van der Waals surface area (Å²) in [6.07, 6.45) is 5.07. The second-order valence-electron chi connectivity index (χ2n) is 3.72. The minimum atomic E-state index is -1.03. The summed E-state index contributed by atoms with van der Waals surface area (Å²) in [5.74, 6) is 2.60. The standard InChI is InChI=1S/C11H18N2O3S/c1-4-6-17-7-5-12-11(16)13-9(8(2)3)10(14)15/h1,8-9H,5-7H2,2-3H3,(H,14,15)(H2,12,13,16)/t9-/m0/s1. The van der Waals surface area contributed by atoms with Crippen molar-refractivity contribution in [3.05, 3.63) is 0 Å². The van der Waals surface area contributed by atoms with Gasteiger partial charge >= 0.3 is 12.0 Å². The average molecular weight is 258 g/mol. The van der Waals surface area contributed by atoms with Crippen LogP contribution in [0, 0.1) is 18.3 Å². The molecule has 1 atom stereocenters. The molecule has 5 nitrogen and oxygen atoms in total.